The molecule has 0 radical (unpaired) electrons. The first-order chi connectivity index (χ1) is 8.20. The smallest absolute Gasteiger partial charge is 0.182 e. The maximum absolute atomic E-state index is 13.6. The van der Waals surface area contributed by atoms with Gasteiger partial charge in [-0.2, -0.15) is 0 Å². The maximum Gasteiger partial charge on any atom is 0.182 e. The lowest BCUT2D eigenvalue weighted by Crippen LogP contribution is -1.99. The molecule has 0 N–H and O–H groups in total. The van der Waals surface area contributed by atoms with Crippen LogP contribution in [0.15, 0.2) is 30.6 Å². The lowest BCUT2D eigenvalue weighted by molar-refractivity contribution is 0.414. The fourth-order valence-corrected chi connectivity index (χ4v) is 1.59. The molecule has 0 spiro atoms. The van der Waals surface area contributed by atoms with E-state index < -0.39 is 5.82 Å². The van der Waals surface area contributed by atoms with Crippen LogP contribution >= 0.6 is 11.6 Å². The van der Waals surface area contributed by atoms with Crippen molar-refractivity contribution in [3.8, 4) is 5.75 Å². The standard InChI is InChI=1S/C12H10ClFN2O/c1-17-9-4-2-8(3-5-9)6-10-11(14)12(13)16-7-15-10/h2-5,7H,6H2,1H3. The molecule has 1 aromatic heterocycles. The van der Waals surface area contributed by atoms with Crippen LogP contribution in [0.5, 0.6) is 5.75 Å². The molecule has 0 saturated heterocycles. The molecule has 17 heavy (non-hydrogen) atoms. The molecule has 88 valence electrons. The van der Waals surface area contributed by atoms with Gasteiger partial charge in [-0.15, -0.1) is 0 Å². The molecule has 0 atom stereocenters. The molecule has 2 rings (SSSR count). The van der Waals surface area contributed by atoms with Crippen LogP contribution in [0.1, 0.15) is 11.3 Å². The average molecular weight is 253 g/mol. The summed E-state index contributed by atoms with van der Waals surface area (Å²) in [6.45, 7) is 0. The Bertz CT molecular complexity index is 516. The topological polar surface area (TPSA) is 35.0 Å². The van der Waals surface area contributed by atoms with Crippen LogP contribution in [0.4, 0.5) is 4.39 Å². The van der Waals surface area contributed by atoms with Gasteiger partial charge in [0.2, 0.25) is 0 Å². The summed E-state index contributed by atoms with van der Waals surface area (Å²) in [6, 6.07) is 7.34. The number of nitrogens with zero attached hydrogens (tertiary/aromatic N) is 2. The second kappa shape index (κ2) is 5.10. The Balaban J connectivity index is 2.22. The minimum Gasteiger partial charge on any atom is -0.497 e. The molecule has 5 heteroatoms. The molecule has 1 heterocycles. The molecule has 0 aliphatic carbocycles. The number of ether oxygens (including phenoxy) is 1. The van der Waals surface area contributed by atoms with Crippen LogP contribution in [-0.2, 0) is 6.42 Å². The van der Waals surface area contributed by atoms with E-state index in [1.54, 1.807) is 7.11 Å². The highest BCUT2D eigenvalue weighted by Gasteiger charge is 2.09. The molecule has 3 nitrogen and oxygen atoms in total. The van der Waals surface area contributed by atoms with E-state index in [-0.39, 0.29) is 10.8 Å². The number of aromatic nitrogens is 2. The normalized spacial score (nSPS) is 10.3. The molecule has 1 aromatic carbocycles. The van der Waals surface area contributed by atoms with E-state index in [1.807, 2.05) is 24.3 Å². The summed E-state index contributed by atoms with van der Waals surface area (Å²) in [5, 5.41) is -0.150. The zero-order valence-corrected chi connectivity index (χ0v) is 9.91. The van der Waals surface area contributed by atoms with Crippen molar-refractivity contribution in [2.24, 2.45) is 0 Å². The number of methoxy groups -OCH3 is 1. The van der Waals surface area contributed by atoms with E-state index in [0.717, 1.165) is 11.3 Å². The summed E-state index contributed by atoms with van der Waals surface area (Å²) in [6.07, 6.45) is 1.63. The molecule has 0 fully saturated rings. The van der Waals surface area contributed by atoms with Gasteiger partial charge in [-0.05, 0) is 17.7 Å². The number of hydrogen-bond acceptors (Lipinski definition) is 3. The summed E-state index contributed by atoms with van der Waals surface area (Å²) >= 11 is 5.58. The minimum atomic E-state index is -0.565. The van der Waals surface area contributed by atoms with Crippen LogP contribution in [0.3, 0.4) is 0 Å². The van der Waals surface area contributed by atoms with Crippen molar-refractivity contribution in [2.45, 2.75) is 6.42 Å². The fourth-order valence-electron chi connectivity index (χ4n) is 1.44. The largest absolute Gasteiger partial charge is 0.497 e. The second-order valence-corrected chi connectivity index (χ2v) is 3.81. The van der Waals surface area contributed by atoms with E-state index in [2.05, 4.69) is 9.97 Å². The Hall–Kier alpha value is -1.68. The third-order valence-corrected chi connectivity index (χ3v) is 2.61. The van der Waals surface area contributed by atoms with Gasteiger partial charge >= 0.3 is 0 Å². The van der Waals surface area contributed by atoms with Crippen molar-refractivity contribution < 1.29 is 9.13 Å². The van der Waals surface area contributed by atoms with Crippen LogP contribution in [0, 0.1) is 5.82 Å². The van der Waals surface area contributed by atoms with Crippen molar-refractivity contribution >= 4 is 11.6 Å². The SMILES string of the molecule is COc1ccc(Cc2ncnc(Cl)c2F)cc1. The number of benzene rings is 1. The summed E-state index contributed by atoms with van der Waals surface area (Å²) < 4.78 is 18.6. The maximum atomic E-state index is 13.6. The lowest BCUT2D eigenvalue weighted by atomic mass is 10.1. The molecule has 0 unspecified atom stereocenters. The van der Waals surface area contributed by atoms with Gasteiger partial charge in [0.05, 0.1) is 12.8 Å². The lowest BCUT2D eigenvalue weighted by Gasteiger charge is -2.04. The molecular weight excluding hydrogens is 243 g/mol. The van der Waals surface area contributed by atoms with Gasteiger partial charge in [0.1, 0.15) is 12.1 Å². The first-order valence-electron chi connectivity index (χ1n) is 4.98. The van der Waals surface area contributed by atoms with Gasteiger partial charge in [-0.1, -0.05) is 23.7 Å². The van der Waals surface area contributed by atoms with E-state index in [1.165, 1.54) is 6.33 Å². The van der Waals surface area contributed by atoms with Crippen LogP contribution in [0.2, 0.25) is 5.15 Å². The predicted molar refractivity (Wildman–Crippen MR) is 62.8 cm³/mol. The average Bonchev–Trinajstić information content (AvgIpc) is 2.36. The Labute approximate surface area is 103 Å². The van der Waals surface area contributed by atoms with Crippen LogP contribution in [-0.4, -0.2) is 17.1 Å². The predicted octanol–water partition coefficient (Wildman–Crippen LogP) is 2.87. The Morgan fingerprint density at radius 3 is 2.59 bits per heavy atom. The Kier molecular flexibility index (Phi) is 3.54. The Morgan fingerprint density at radius 2 is 1.94 bits per heavy atom. The quantitative estimate of drug-likeness (QED) is 0.788. The summed E-state index contributed by atoms with van der Waals surface area (Å²) in [7, 11) is 1.60. The zero-order chi connectivity index (χ0) is 12.3. The highest BCUT2D eigenvalue weighted by Crippen LogP contribution is 2.18. The zero-order valence-electron chi connectivity index (χ0n) is 9.15. The molecule has 2 aromatic rings. The highest BCUT2D eigenvalue weighted by atomic mass is 35.5. The minimum absolute atomic E-state index is 0.150. The Morgan fingerprint density at radius 1 is 1.24 bits per heavy atom. The summed E-state index contributed by atoms with van der Waals surface area (Å²) in [5.41, 5.74) is 1.22. The van der Waals surface area contributed by atoms with Gasteiger partial charge in [-0.25, -0.2) is 14.4 Å². The van der Waals surface area contributed by atoms with Gasteiger partial charge in [-0.3, -0.25) is 0 Å². The number of rotatable bonds is 3. The monoisotopic (exact) mass is 252 g/mol. The first-order valence-corrected chi connectivity index (χ1v) is 5.36. The van der Waals surface area contributed by atoms with Gasteiger partial charge in [0, 0.05) is 6.42 Å². The molecule has 0 bridgehead atoms. The second-order valence-electron chi connectivity index (χ2n) is 3.45. The van der Waals surface area contributed by atoms with Crippen molar-refractivity contribution in [3.63, 3.8) is 0 Å². The van der Waals surface area contributed by atoms with E-state index in [0.29, 0.717) is 6.42 Å². The third kappa shape index (κ3) is 2.71. The summed E-state index contributed by atoms with van der Waals surface area (Å²) in [4.78, 5) is 7.44. The van der Waals surface area contributed by atoms with Gasteiger partial charge < -0.3 is 4.74 Å². The molecule has 0 aliphatic heterocycles. The molecule has 0 saturated carbocycles. The molecule has 0 aliphatic rings. The van der Waals surface area contributed by atoms with E-state index >= 15 is 0 Å². The first kappa shape index (κ1) is 11.8. The number of hydrogen-bond donors (Lipinski definition) is 0. The number of halogens is 2. The van der Waals surface area contributed by atoms with E-state index in [4.69, 9.17) is 16.3 Å². The third-order valence-electron chi connectivity index (χ3n) is 2.35. The van der Waals surface area contributed by atoms with Gasteiger partial charge in [0.15, 0.2) is 11.0 Å². The van der Waals surface area contributed by atoms with Crippen LogP contribution in [0.25, 0.3) is 0 Å². The fraction of sp³-hybridized carbons (Fsp3) is 0.167. The van der Waals surface area contributed by atoms with E-state index in [9.17, 15) is 4.39 Å². The van der Waals surface area contributed by atoms with Crippen molar-refractivity contribution in [2.75, 3.05) is 7.11 Å². The van der Waals surface area contributed by atoms with Crippen molar-refractivity contribution in [1.29, 1.82) is 0 Å². The highest BCUT2D eigenvalue weighted by molar-refractivity contribution is 6.29. The van der Waals surface area contributed by atoms with Gasteiger partial charge in [0.25, 0.3) is 0 Å². The molecule has 0 amide bonds. The molecular formula is C12H10ClFN2O. The summed E-state index contributed by atoms with van der Waals surface area (Å²) in [5.74, 6) is 0.194. The van der Waals surface area contributed by atoms with Crippen molar-refractivity contribution in [1.82, 2.24) is 9.97 Å². The van der Waals surface area contributed by atoms with Crippen molar-refractivity contribution in [3.05, 3.63) is 52.8 Å². The van der Waals surface area contributed by atoms with Crippen LogP contribution < -0.4 is 4.74 Å².